The highest BCUT2D eigenvalue weighted by atomic mass is 16.6. The van der Waals surface area contributed by atoms with Crippen LogP contribution in [0.2, 0.25) is 0 Å². The number of likely N-dealkylation sites (tertiary alicyclic amines) is 1. The number of aliphatic hydroxyl groups excluding tert-OH is 2. The number of hydrogen-bond donors (Lipinski definition) is 4. The van der Waals surface area contributed by atoms with Crippen LogP contribution < -0.4 is 11.1 Å². The molecule has 13 nitrogen and oxygen atoms in total. The lowest BCUT2D eigenvalue weighted by molar-refractivity contribution is -0.137. The van der Waals surface area contributed by atoms with E-state index in [2.05, 4.69) is 32.1 Å². The van der Waals surface area contributed by atoms with E-state index in [0.29, 0.717) is 43.5 Å². The number of hydrogen-bond acceptors (Lipinski definition) is 10. The second-order valence-electron chi connectivity index (χ2n) is 11.3. The number of piperidine rings is 1. The number of nitrogens with two attached hydrogens (primary N) is 1. The number of nitrogen functional groups attached to an aromatic ring is 1. The lowest BCUT2D eigenvalue weighted by atomic mass is 9.86. The minimum absolute atomic E-state index is 0.0906. The van der Waals surface area contributed by atoms with E-state index in [0.717, 1.165) is 38.5 Å². The standard InChI is InChI=1S/C27H35N7O6/c28-23-19-24(34(14-29-19)26-21(36)20(35)22(40-26)25(37)30-17-7-8-17)32-18(31-23)6-2-3-15-9-11-33(12-10-15)27(38)39-13-16-4-1-5-16/h14-17,20-22,26,35-36H,1,3-5,7-13H2,(H,30,37)(H2,28,31,32)/t20?,21?,22-,26+/m0/s1. The summed E-state index contributed by atoms with van der Waals surface area (Å²) < 4.78 is 12.7. The number of fused-ring (bicyclic) bond motifs is 1. The van der Waals surface area contributed by atoms with Gasteiger partial charge in [0.2, 0.25) is 5.82 Å². The lowest BCUT2D eigenvalue weighted by Crippen LogP contribution is -2.43. The van der Waals surface area contributed by atoms with Gasteiger partial charge in [0.1, 0.15) is 17.7 Å². The summed E-state index contributed by atoms with van der Waals surface area (Å²) in [5.41, 5.74) is 6.71. The lowest BCUT2D eigenvalue weighted by Gasteiger charge is -2.32. The van der Waals surface area contributed by atoms with Crippen molar-refractivity contribution in [3.63, 3.8) is 0 Å². The molecule has 40 heavy (non-hydrogen) atoms. The maximum atomic E-state index is 12.5. The van der Waals surface area contributed by atoms with Gasteiger partial charge in [-0.05, 0) is 56.3 Å². The van der Waals surface area contributed by atoms with Gasteiger partial charge in [0.15, 0.2) is 23.8 Å². The molecule has 4 fully saturated rings. The van der Waals surface area contributed by atoms with Gasteiger partial charge in [0.05, 0.1) is 12.9 Å². The van der Waals surface area contributed by atoms with Gasteiger partial charge in [-0.1, -0.05) is 12.3 Å². The summed E-state index contributed by atoms with van der Waals surface area (Å²) in [6, 6.07) is 0.0906. The normalized spacial score (nSPS) is 27.2. The number of aromatic nitrogens is 4. The molecule has 214 valence electrons. The number of rotatable bonds is 6. The smallest absolute Gasteiger partial charge is 0.409 e. The van der Waals surface area contributed by atoms with Crippen molar-refractivity contribution in [2.75, 3.05) is 25.4 Å². The maximum absolute atomic E-state index is 12.5. The molecular weight excluding hydrogens is 518 g/mol. The maximum Gasteiger partial charge on any atom is 0.409 e. The molecule has 0 spiro atoms. The van der Waals surface area contributed by atoms with Crippen LogP contribution in [0.3, 0.4) is 0 Å². The Morgan fingerprint density at radius 2 is 1.88 bits per heavy atom. The Balaban J connectivity index is 1.08. The predicted molar refractivity (Wildman–Crippen MR) is 141 cm³/mol. The Bertz CT molecular complexity index is 1320. The van der Waals surface area contributed by atoms with Crippen molar-refractivity contribution in [2.24, 2.45) is 11.8 Å². The molecular formula is C27H35N7O6. The first kappa shape index (κ1) is 26.7. The Hall–Kier alpha value is -3.47. The van der Waals surface area contributed by atoms with E-state index in [1.807, 2.05) is 0 Å². The fourth-order valence-electron chi connectivity index (χ4n) is 5.33. The quantitative estimate of drug-likeness (QED) is 0.372. The van der Waals surface area contributed by atoms with Gasteiger partial charge in [-0.2, -0.15) is 0 Å². The van der Waals surface area contributed by atoms with Crippen molar-refractivity contribution < 1.29 is 29.3 Å². The summed E-state index contributed by atoms with van der Waals surface area (Å²) in [7, 11) is 0. The summed E-state index contributed by atoms with van der Waals surface area (Å²) in [5.74, 6) is 6.84. The molecule has 2 aromatic rings. The average molecular weight is 554 g/mol. The number of nitrogens with one attached hydrogen (secondary N) is 1. The van der Waals surface area contributed by atoms with E-state index >= 15 is 0 Å². The fourth-order valence-corrected chi connectivity index (χ4v) is 5.33. The second-order valence-corrected chi connectivity index (χ2v) is 11.3. The van der Waals surface area contributed by atoms with Crippen LogP contribution in [0.4, 0.5) is 10.6 Å². The molecule has 2 saturated carbocycles. The van der Waals surface area contributed by atoms with Crippen molar-refractivity contribution >= 4 is 29.0 Å². The Labute approximate surface area is 231 Å². The van der Waals surface area contributed by atoms with Crippen LogP contribution in [0, 0.1) is 23.7 Å². The molecule has 4 aliphatic rings. The molecule has 2 aromatic heterocycles. The van der Waals surface area contributed by atoms with E-state index in [1.165, 1.54) is 17.3 Å². The number of amides is 2. The molecule has 2 saturated heterocycles. The first-order chi connectivity index (χ1) is 19.4. The van der Waals surface area contributed by atoms with Gasteiger partial charge < -0.3 is 35.6 Å². The van der Waals surface area contributed by atoms with Gasteiger partial charge in [-0.25, -0.2) is 19.7 Å². The van der Waals surface area contributed by atoms with Crippen LogP contribution in [-0.2, 0) is 14.3 Å². The van der Waals surface area contributed by atoms with Crippen LogP contribution in [0.25, 0.3) is 11.2 Å². The largest absolute Gasteiger partial charge is 0.449 e. The summed E-state index contributed by atoms with van der Waals surface area (Å²) in [4.78, 5) is 39.5. The molecule has 2 amide bonds. The Morgan fingerprint density at radius 1 is 1.10 bits per heavy atom. The van der Waals surface area contributed by atoms with E-state index in [-0.39, 0.29) is 29.4 Å². The molecule has 0 radical (unpaired) electrons. The molecule has 2 unspecified atom stereocenters. The van der Waals surface area contributed by atoms with E-state index in [1.54, 1.807) is 4.90 Å². The SMILES string of the molecule is Nc1nc(C#CCC2CCN(C(=O)OCC3CCC3)CC2)nc2c1ncn2[C@@H]1O[C@H](C(=O)NC2CC2)C(O)C1O. The zero-order chi connectivity index (χ0) is 27.8. The van der Waals surface area contributed by atoms with Gasteiger partial charge in [-0.15, -0.1) is 0 Å². The molecule has 4 atom stereocenters. The first-order valence-electron chi connectivity index (χ1n) is 14.1. The second kappa shape index (κ2) is 11.2. The van der Waals surface area contributed by atoms with Crippen LogP contribution >= 0.6 is 0 Å². The van der Waals surface area contributed by atoms with Crippen LogP contribution in [0.5, 0.6) is 0 Å². The monoisotopic (exact) mass is 553 g/mol. The molecule has 2 aliphatic carbocycles. The highest BCUT2D eigenvalue weighted by molar-refractivity contribution is 5.83. The van der Waals surface area contributed by atoms with Crippen molar-refractivity contribution in [1.29, 1.82) is 0 Å². The van der Waals surface area contributed by atoms with Crippen LogP contribution in [0.15, 0.2) is 6.33 Å². The van der Waals surface area contributed by atoms with Crippen LogP contribution in [0.1, 0.15) is 63.4 Å². The van der Waals surface area contributed by atoms with Crippen molar-refractivity contribution in [1.82, 2.24) is 29.7 Å². The molecule has 5 N–H and O–H groups in total. The number of ether oxygens (including phenoxy) is 2. The third-order valence-corrected chi connectivity index (χ3v) is 8.27. The van der Waals surface area contributed by atoms with Crippen molar-refractivity contribution in [2.45, 2.75) is 81.9 Å². The Kier molecular flexibility index (Phi) is 7.48. The summed E-state index contributed by atoms with van der Waals surface area (Å²) in [6.45, 7) is 1.83. The number of anilines is 1. The molecule has 0 bridgehead atoms. The zero-order valence-electron chi connectivity index (χ0n) is 22.2. The fraction of sp³-hybridized carbons (Fsp3) is 0.667. The van der Waals surface area contributed by atoms with Gasteiger partial charge in [0, 0.05) is 25.6 Å². The molecule has 13 heteroatoms. The van der Waals surface area contributed by atoms with Crippen molar-refractivity contribution in [3.8, 4) is 11.8 Å². The molecule has 6 rings (SSSR count). The summed E-state index contributed by atoms with van der Waals surface area (Å²) in [5, 5.41) is 23.9. The minimum atomic E-state index is -1.41. The number of carbonyl (C=O) groups is 2. The van der Waals surface area contributed by atoms with E-state index in [9.17, 15) is 19.8 Å². The molecule has 4 heterocycles. The highest BCUT2D eigenvalue weighted by Crippen LogP contribution is 2.33. The number of imidazole rings is 1. The number of nitrogens with zero attached hydrogens (tertiary/aromatic N) is 5. The number of aliphatic hydroxyl groups is 2. The molecule has 2 aliphatic heterocycles. The third-order valence-electron chi connectivity index (χ3n) is 8.27. The summed E-state index contributed by atoms with van der Waals surface area (Å²) >= 11 is 0. The van der Waals surface area contributed by atoms with Gasteiger partial charge in [0.25, 0.3) is 5.91 Å². The topological polar surface area (TPSA) is 178 Å². The average Bonchev–Trinajstić information content (AvgIpc) is 3.55. The summed E-state index contributed by atoms with van der Waals surface area (Å²) in [6.07, 6.45) is 3.71. The third kappa shape index (κ3) is 5.56. The minimum Gasteiger partial charge on any atom is -0.449 e. The van der Waals surface area contributed by atoms with Crippen molar-refractivity contribution in [3.05, 3.63) is 12.2 Å². The van der Waals surface area contributed by atoms with E-state index in [4.69, 9.17) is 15.2 Å². The van der Waals surface area contributed by atoms with E-state index < -0.39 is 30.4 Å². The van der Waals surface area contributed by atoms with Gasteiger partial charge >= 0.3 is 6.09 Å². The molecule has 0 aromatic carbocycles. The highest BCUT2D eigenvalue weighted by Gasteiger charge is 2.48. The Morgan fingerprint density at radius 3 is 2.58 bits per heavy atom. The number of carbonyl (C=O) groups excluding carboxylic acids is 2. The zero-order valence-corrected chi connectivity index (χ0v) is 22.2. The predicted octanol–water partition coefficient (Wildman–Crippen LogP) is 0.697. The van der Waals surface area contributed by atoms with Crippen LogP contribution in [-0.4, -0.2) is 90.7 Å². The van der Waals surface area contributed by atoms with Gasteiger partial charge in [-0.3, -0.25) is 9.36 Å². The first-order valence-corrected chi connectivity index (χ1v) is 14.1.